The highest BCUT2D eigenvalue weighted by Crippen LogP contribution is 2.39. The average Bonchev–Trinajstić information content (AvgIpc) is 3.15. The molecule has 2 aromatic carbocycles. The Morgan fingerprint density at radius 3 is 2.82 bits per heavy atom. The molecule has 0 aliphatic carbocycles. The number of benzene rings is 2. The summed E-state index contributed by atoms with van der Waals surface area (Å²) in [5.41, 5.74) is 4.00. The predicted molar refractivity (Wildman–Crippen MR) is 111 cm³/mol. The van der Waals surface area contributed by atoms with Gasteiger partial charge in [-0.05, 0) is 24.3 Å². The minimum atomic E-state index is -0.396. The summed E-state index contributed by atoms with van der Waals surface area (Å²) in [6.07, 6.45) is 1.58. The first-order chi connectivity index (χ1) is 13.8. The van der Waals surface area contributed by atoms with Gasteiger partial charge >= 0.3 is 0 Å². The van der Waals surface area contributed by atoms with E-state index in [2.05, 4.69) is 38.3 Å². The van der Waals surface area contributed by atoms with Gasteiger partial charge in [-0.1, -0.05) is 64.1 Å². The molecular weight excluding hydrogens is 438 g/mol. The minimum Gasteiger partial charge on any atom is -0.460 e. The molecule has 5 nitrogen and oxygen atoms in total. The summed E-state index contributed by atoms with van der Waals surface area (Å²) in [7, 11) is 0. The second-order valence-corrected chi connectivity index (χ2v) is 8.28. The molecule has 0 radical (unpaired) electrons. The number of thioether (sulfide) groups is 1. The van der Waals surface area contributed by atoms with E-state index in [1.54, 1.807) is 11.8 Å². The summed E-state index contributed by atoms with van der Waals surface area (Å²) < 4.78 is 15.2. The van der Waals surface area contributed by atoms with Gasteiger partial charge in [0.2, 0.25) is 6.29 Å². The first-order valence-electron chi connectivity index (χ1n) is 8.85. The summed E-state index contributed by atoms with van der Waals surface area (Å²) in [5.74, 6) is 1.61. The molecular formula is C21H16BrN3O2S. The van der Waals surface area contributed by atoms with Crippen LogP contribution in [0.1, 0.15) is 23.0 Å². The van der Waals surface area contributed by atoms with Crippen molar-refractivity contribution in [3.8, 4) is 5.75 Å². The summed E-state index contributed by atoms with van der Waals surface area (Å²) in [6.45, 7) is 0.514. The number of nitrogens with zero attached hydrogens (tertiary/aromatic N) is 3. The molecule has 5 rings (SSSR count). The minimum absolute atomic E-state index is 0.396. The highest BCUT2D eigenvalue weighted by Gasteiger charge is 2.25. The topological polar surface area (TPSA) is 48.7 Å². The first kappa shape index (κ1) is 17.7. The molecule has 1 aliphatic rings. The Kier molecular flexibility index (Phi) is 4.80. The molecule has 0 saturated carbocycles. The van der Waals surface area contributed by atoms with Gasteiger partial charge in [0.1, 0.15) is 5.75 Å². The SMILES string of the molecule is Brc1cc2c(c(CSc3nnc4ccccn34)c1)O[C@H](c1ccccc1)OC2. The monoisotopic (exact) mass is 453 g/mol. The van der Waals surface area contributed by atoms with Gasteiger partial charge in [-0.3, -0.25) is 4.40 Å². The van der Waals surface area contributed by atoms with E-state index in [1.807, 2.05) is 59.1 Å². The van der Waals surface area contributed by atoms with Crippen LogP contribution >= 0.6 is 27.7 Å². The van der Waals surface area contributed by atoms with Crippen molar-refractivity contribution in [2.75, 3.05) is 0 Å². The number of hydrogen-bond donors (Lipinski definition) is 0. The van der Waals surface area contributed by atoms with Gasteiger partial charge in [0.05, 0.1) is 6.61 Å². The fourth-order valence-corrected chi connectivity index (χ4v) is 4.66. The van der Waals surface area contributed by atoms with Crippen LogP contribution in [-0.4, -0.2) is 14.6 Å². The standard InChI is InChI=1S/C21H16BrN3O2S/c22-17-10-15-12-26-20(14-6-2-1-3-7-14)27-19(15)16(11-17)13-28-21-24-23-18-8-4-5-9-25(18)21/h1-11,20H,12-13H2/t20-/m1/s1. The van der Waals surface area contributed by atoms with Crippen LogP contribution in [0.5, 0.6) is 5.75 Å². The molecule has 0 fully saturated rings. The Morgan fingerprint density at radius 1 is 1.07 bits per heavy atom. The van der Waals surface area contributed by atoms with E-state index in [9.17, 15) is 0 Å². The quantitative estimate of drug-likeness (QED) is 0.387. The van der Waals surface area contributed by atoms with Gasteiger partial charge in [-0.2, -0.15) is 0 Å². The molecule has 3 heterocycles. The highest BCUT2D eigenvalue weighted by molar-refractivity contribution is 9.10. The van der Waals surface area contributed by atoms with Crippen LogP contribution < -0.4 is 4.74 Å². The third kappa shape index (κ3) is 3.41. The summed E-state index contributed by atoms with van der Waals surface area (Å²) >= 11 is 5.24. The second-order valence-electron chi connectivity index (χ2n) is 6.42. The number of aromatic nitrogens is 3. The fraction of sp³-hybridized carbons (Fsp3) is 0.143. The smallest absolute Gasteiger partial charge is 0.227 e. The molecule has 7 heteroatoms. The van der Waals surface area contributed by atoms with Gasteiger partial charge in [-0.15, -0.1) is 10.2 Å². The van der Waals surface area contributed by atoms with Crippen LogP contribution in [0.4, 0.5) is 0 Å². The number of rotatable bonds is 4. The maximum absolute atomic E-state index is 6.26. The van der Waals surface area contributed by atoms with Crippen LogP contribution in [0.25, 0.3) is 5.65 Å². The zero-order chi connectivity index (χ0) is 18.9. The van der Waals surface area contributed by atoms with Crippen LogP contribution in [-0.2, 0) is 17.1 Å². The van der Waals surface area contributed by atoms with Crippen LogP contribution in [0, 0.1) is 0 Å². The van der Waals surface area contributed by atoms with Gasteiger partial charge in [0.15, 0.2) is 10.8 Å². The second kappa shape index (κ2) is 7.58. The third-order valence-corrected chi connectivity index (χ3v) is 5.98. The molecule has 0 amide bonds. The van der Waals surface area contributed by atoms with Crippen LogP contribution in [0.2, 0.25) is 0 Å². The average molecular weight is 454 g/mol. The predicted octanol–water partition coefficient (Wildman–Crippen LogP) is 5.39. The van der Waals surface area contributed by atoms with Crippen LogP contribution in [0.3, 0.4) is 0 Å². The van der Waals surface area contributed by atoms with Crippen molar-refractivity contribution in [1.82, 2.24) is 14.6 Å². The summed E-state index contributed by atoms with van der Waals surface area (Å²) in [4.78, 5) is 0. The molecule has 0 bridgehead atoms. The van der Waals surface area contributed by atoms with Gasteiger partial charge in [0, 0.05) is 33.1 Å². The molecule has 0 unspecified atom stereocenters. The lowest BCUT2D eigenvalue weighted by atomic mass is 10.1. The molecule has 0 saturated heterocycles. The Balaban J connectivity index is 1.43. The Morgan fingerprint density at radius 2 is 1.93 bits per heavy atom. The van der Waals surface area contributed by atoms with E-state index >= 15 is 0 Å². The van der Waals surface area contributed by atoms with E-state index in [1.165, 1.54) is 0 Å². The van der Waals surface area contributed by atoms with Crippen molar-refractivity contribution in [2.24, 2.45) is 0 Å². The zero-order valence-corrected chi connectivity index (χ0v) is 17.2. The lowest BCUT2D eigenvalue weighted by Gasteiger charge is -2.28. The fourth-order valence-electron chi connectivity index (χ4n) is 3.22. The maximum atomic E-state index is 6.26. The highest BCUT2D eigenvalue weighted by atomic mass is 79.9. The van der Waals surface area contributed by atoms with E-state index in [4.69, 9.17) is 9.47 Å². The third-order valence-electron chi connectivity index (χ3n) is 4.53. The largest absolute Gasteiger partial charge is 0.460 e. The molecule has 2 aromatic heterocycles. The molecule has 4 aromatic rings. The van der Waals surface area contributed by atoms with E-state index in [0.29, 0.717) is 6.61 Å². The zero-order valence-electron chi connectivity index (χ0n) is 14.8. The van der Waals surface area contributed by atoms with E-state index in [-0.39, 0.29) is 0 Å². The summed E-state index contributed by atoms with van der Waals surface area (Å²) in [5, 5.41) is 9.38. The molecule has 0 N–H and O–H groups in total. The Labute approximate surface area is 174 Å². The number of halogens is 1. The molecule has 28 heavy (non-hydrogen) atoms. The number of pyridine rings is 1. The van der Waals surface area contributed by atoms with Crippen LogP contribution in [0.15, 0.2) is 76.5 Å². The Hall–Kier alpha value is -2.35. The van der Waals surface area contributed by atoms with E-state index in [0.717, 1.165) is 43.5 Å². The maximum Gasteiger partial charge on any atom is 0.227 e. The van der Waals surface area contributed by atoms with Crippen molar-refractivity contribution < 1.29 is 9.47 Å². The number of ether oxygens (including phenoxy) is 2. The summed E-state index contributed by atoms with van der Waals surface area (Å²) in [6, 6.07) is 20.0. The molecule has 0 spiro atoms. The normalized spacial score (nSPS) is 16.0. The first-order valence-corrected chi connectivity index (χ1v) is 10.6. The van der Waals surface area contributed by atoms with Gasteiger partial charge < -0.3 is 9.47 Å². The number of fused-ring (bicyclic) bond motifs is 2. The van der Waals surface area contributed by atoms with Crippen molar-refractivity contribution in [3.63, 3.8) is 0 Å². The molecule has 1 aliphatic heterocycles. The van der Waals surface area contributed by atoms with Gasteiger partial charge in [-0.25, -0.2) is 0 Å². The van der Waals surface area contributed by atoms with Crippen molar-refractivity contribution >= 4 is 33.3 Å². The van der Waals surface area contributed by atoms with Crippen molar-refractivity contribution in [2.45, 2.75) is 23.8 Å². The Bertz CT molecular complexity index is 1130. The number of hydrogen-bond acceptors (Lipinski definition) is 5. The van der Waals surface area contributed by atoms with E-state index < -0.39 is 6.29 Å². The lowest BCUT2D eigenvalue weighted by Crippen LogP contribution is -2.19. The van der Waals surface area contributed by atoms with Gasteiger partial charge in [0.25, 0.3) is 0 Å². The molecule has 140 valence electrons. The van der Waals surface area contributed by atoms with Crippen molar-refractivity contribution in [1.29, 1.82) is 0 Å². The van der Waals surface area contributed by atoms with Crippen molar-refractivity contribution in [3.05, 3.63) is 88.0 Å². The molecule has 1 atom stereocenters. The lowest BCUT2D eigenvalue weighted by molar-refractivity contribution is -0.111.